The van der Waals surface area contributed by atoms with Gasteiger partial charge in [0.15, 0.2) is 0 Å². The second-order valence-corrected chi connectivity index (χ2v) is 5.48. The first-order valence-electron chi connectivity index (χ1n) is 6.34. The number of likely N-dealkylation sites (N-methyl/N-ethyl adjacent to an activating group) is 1. The molecule has 0 bridgehead atoms. The van der Waals surface area contributed by atoms with Crippen LogP contribution in [0.2, 0.25) is 0 Å². The molecule has 102 valence electrons. The van der Waals surface area contributed by atoms with Crippen LogP contribution in [0.15, 0.2) is 30.3 Å². The van der Waals surface area contributed by atoms with Crippen LogP contribution in [0.5, 0.6) is 0 Å². The number of benzene rings is 1. The summed E-state index contributed by atoms with van der Waals surface area (Å²) in [6.07, 6.45) is 0. The van der Waals surface area contributed by atoms with Gasteiger partial charge in [0.2, 0.25) is 0 Å². The summed E-state index contributed by atoms with van der Waals surface area (Å²) < 4.78 is 0. The fourth-order valence-corrected chi connectivity index (χ4v) is 2.26. The summed E-state index contributed by atoms with van der Waals surface area (Å²) in [6, 6.07) is 9.81. The van der Waals surface area contributed by atoms with Gasteiger partial charge < -0.3 is 15.1 Å². The van der Waals surface area contributed by atoms with Crippen LogP contribution >= 0.6 is 0 Å². The molecule has 0 fully saturated rings. The number of anilines is 1. The van der Waals surface area contributed by atoms with E-state index in [1.807, 2.05) is 42.3 Å². The third-order valence-electron chi connectivity index (χ3n) is 2.92. The van der Waals surface area contributed by atoms with Gasteiger partial charge in [-0.15, -0.1) is 0 Å². The van der Waals surface area contributed by atoms with Crippen molar-refractivity contribution in [3.63, 3.8) is 0 Å². The van der Waals surface area contributed by atoms with Crippen molar-refractivity contribution in [3.8, 4) is 0 Å². The monoisotopic (exact) mass is 260 g/mol. The fraction of sp³-hybridized carbons (Fsp3) is 0.400. The van der Waals surface area contributed by atoms with E-state index in [0.717, 1.165) is 16.6 Å². The van der Waals surface area contributed by atoms with E-state index in [1.54, 1.807) is 13.8 Å². The van der Waals surface area contributed by atoms with E-state index < -0.39 is 5.60 Å². The first-order chi connectivity index (χ1) is 8.90. The summed E-state index contributed by atoms with van der Waals surface area (Å²) in [4.78, 5) is 6.39. The van der Waals surface area contributed by atoms with Gasteiger partial charge in [-0.3, -0.25) is 0 Å². The van der Waals surface area contributed by atoms with Gasteiger partial charge in [-0.05, 0) is 25.3 Å². The van der Waals surface area contributed by atoms with Crippen molar-refractivity contribution in [2.24, 2.45) is 0 Å². The van der Waals surface area contributed by atoms with Crippen molar-refractivity contribution in [3.05, 3.63) is 36.0 Å². The van der Waals surface area contributed by atoms with Crippen molar-refractivity contribution in [1.82, 2.24) is 4.98 Å². The Balaban J connectivity index is 2.51. The van der Waals surface area contributed by atoms with E-state index in [4.69, 9.17) is 0 Å². The minimum Gasteiger partial charge on any atom is -0.390 e. The van der Waals surface area contributed by atoms with E-state index >= 15 is 0 Å². The summed E-state index contributed by atoms with van der Waals surface area (Å²) in [5.41, 5.74) is -0.163. The second-order valence-electron chi connectivity index (χ2n) is 5.48. The number of aliphatic hydroxyl groups excluding tert-OH is 1. The van der Waals surface area contributed by atoms with Gasteiger partial charge in [0.1, 0.15) is 5.82 Å². The van der Waals surface area contributed by atoms with Gasteiger partial charge >= 0.3 is 0 Å². The third kappa shape index (κ3) is 3.22. The van der Waals surface area contributed by atoms with Crippen molar-refractivity contribution in [2.45, 2.75) is 26.1 Å². The van der Waals surface area contributed by atoms with Crippen LogP contribution in [-0.4, -0.2) is 34.4 Å². The van der Waals surface area contributed by atoms with Crippen LogP contribution in [-0.2, 0) is 6.61 Å². The van der Waals surface area contributed by atoms with Gasteiger partial charge in [0, 0.05) is 19.0 Å². The molecule has 4 nitrogen and oxygen atoms in total. The minimum atomic E-state index is -0.799. The van der Waals surface area contributed by atoms with Gasteiger partial charge in [-0.25, -0.2) is 4.98 Å². The first kappa shape index (κ1) is 13.8. The average molecular weight is 260 g/mol. The van der Waals surface area contributed by atoms with Crippen LogP contribution in [0.1, 0.15) is 19.5 Å². The third-order valence-corrected chi connectivity index (χ3v) is 2.92. The molecule has 0 saturated heterocycles. The Morgan fingerprint density at radius 3 is 2.58 bits per heavy atom. The predicted molar refractivity (Wildman–Crippen MR) is 77.2 cm³/mol. The largest absolute Gasteiger partial charge is 0.390 e. The Bertz CT molecular complexity index is 576. The van der Waals surface area contributed by atoms with Gasteiger partial charge in [0.05, 0.1) is 17.9 Å². The number of hydrogen-bond donors (Lipinski definition) is 2. The molecule has 0 unspecified atom stereocenters. The molecule has 4 heteroatoms. The maximum atomic E-state index is 9.93. The number of fused-ring (bicyclic) bond motifs is 1. The molecule has 2 N–H and O–H groups in total. The number of aromatic nitrogens is 1. The van der Waals surface area contributed by atoms with Crippen LogP contribution in [0.4, 0.5) is 5.82 Å². The summed E-state index contributed by atoms with van der Waals surface area (Å²) >= 11 is 0. The molecular weight excluding hydrogens is 240 g/mol. The normalized spacial score (nSPS) is 11.8. The molecule has 0 radical (unpaired) electrons. The number of rotatable bonds is 4. The summed E-state index contributed by atoms with van der Waals surface area (Å²) in [6.45, 7) is 3.91. The average Bonchev–Trinajstić information content (AvgIpc) is 2.35. The SMILES string of the molecule is CN(CC(C)(C)O)c1nc(CO)cc2ccccc12. The molecule has 2 aromatic rings. The summed E-state index contributed by atoms with van der Waals surface area (Å²) in [5, 5.41) is 21.3. The Morgan fingerprint density at radius 1 is 1.26 bits per heavy atom. The molecule has 0 saturated carbocycles. The maximum absolute atomic E-state index is 9.93. The lowest BCUT2D eigenvalue weighted by Crippen LogP contribution is -2.36. The summed E-state index contributed by atoms with van der Waals surface area (Å²) in [7, 11) is 1.90. The number of hydrogen-bond acceptors (Lipinski definition) is 4. The van der Waals surface area contributed by atoms with E-state index in [0.29, 0.717) is 12.2 Å². The molecule has 2 rings (SSSR count). The molecule has 1 heterocycles. The number of aliphatic hydroxyl groups is 2. The lowest BCUT2D eigenvalue weighted by Gasteiger charge is -2.27. The van der Waals surface area contributed by atoms with E-state index in [1.165, 1.54) is 0 Å². The molecule has 0 amide bonds. The molecule has 19 heavy (non-hydrogen) atoms. The van der Waals surface area contributed by atoms with E-state index in [-0.39, 0.29) is 6.61 Å². The van der Waals surface area contributed by atoms with Gasteiger partial charge in [-0.2, -0.15) is 0 Å². The Hall–Kier alpha value is -1.65. The first-order valence-corrected chi connectivity index (χ1v) is 6.34. The quantitative estimate of drug-likeness (QED) is 0.882. The standard InChI is InChI=1S/C15H20N2O2/c1-15(2,19)10-17(3)14-13-7-5-4-6-11(13)8-12(9-18)16-14/h4-8,18-19H,9-10H2,1-3H3. The zero-order chi connectivity index (χ0) is 14.0. The van der Waals surface area contributed by atoms with E-state index in [2.05, 4.69) is 4.98 Å². The smallest absolute Gasteiger partial charge is 0.136 e. The van der Waals surface area contributed by atoms with Crippen molar-refractivity contribution in [2.75, 3.05) is 18.5 Å². The highest BCUT2D eigenvalue weighted by Gasteiger charge is 2.18. The topological polar surface area (TPSA) is 56.6 Å². The molecule has 0 aliphatic carbocycles. The Kier molecular flexibility index (Phi) is 3.73. The van der Waals surface area contributed by atoms with E-state index in [9.17, 15) is 10.2 Å². The summed E-state index contributed by atoms with van der Waals surface area (Å²) in [5.74, 6) is 0.782. The highest BCUT2D eigenvalue weighted by molar-refractivity contribution is 5.92. The van der Waals surface area contributed by atoms with Crippen molar-refractivity contribution < 1.29 is 10.2 Å². The zero-order valence-corrected chi connectivity index (χ0v) is 11.6. The lowest BCUT2D eigenvalue weighted by atomic mass is 10.1. The molecule has 0 spiro atoms. The van der Waals surface area contributed by atoms with Crippen LogP contribution in [0.3, 0.4) is 0 Å². The minimum absolute atomic E-state index is 0.0891. The number of pyridine rings is 1. The molecule has 1 aromatic heterocycles. The van der Waals surface area contributed by atoms with Crippen molar-refractivity contribution >= 4 is 16.6 Å². The second kappa shape index (κ2) is 5.15. The fourth-order valence-electron chi connectivity index (χ4n) is 2.26. The zero-order valence-electron chi connectivity index (χ0n) is 11.6. The Morgan fingerprint density at radius 2 is 1.95 bits per heavy atom. The molecule has 0 atom stereocenters. The van der Waals surface area contributed by atoms with Gasteiger partial charge in [0.25, 0.3) is 0 Å². The maximum Gasteiger partial charge on any atom is 0.136 e. The van der Waals surface area contributed by atoms with Crippen molar-refractivity contribution in [1.29, 1.82) is 0 Å². The highest BCUT2D eigenvalue weighted by Crippen LogP contribution is 2.26. The van der Waals surface area contributed by atoms with Crippen LogP contribution in [0.25, 0.3) is 10.8 Å². The predicted octanol–water partition coefficient (Wildman–Crippen LogP) is 1.93. The number of nitrogens with zero attached hydrogens (tertiary/aromatic N) is 2. The van der Waals surface area contributed by atoms with Gasteiger partial charge in [-0.1, -0.05) is 24.3 Å². The molecule has 0 aliphatic heterocycles. The molecule has 1 aromatic carbocycles. The lowest BCUT2D eigenvalue weighted by molar-refractivity contribution is 0.0885. The molecular formula is C15H20N2O2. The Labute approximate surface area is 113 Å². The van der Waals surface area contributed by atoms with Crippen LogP contribution < -0.4 is 4.90 Å². The highest BCUT2D eigenvalue weighted by atomic mass is 16.3. The van der Waals surface area contributed by atoms with Crippen LogP contribution in [0, 0.1) is 0 Å². The molecule has 0 aliphatic rings.